The van der Waals surface area contributed by atoms with E-state index in [2.05, 4.69) is 0 Å². The minimum Gasteiger partial charge on any atom is -0.507 e. The number of phenolic OH excluding ortho intramolecular Hbond substituents is 1. The Balaban J connectivity index is 0.00000341. The van der Waals surface area contributed by atoms with Crippen LogP contribution in [0, 0.1) is 0 Å². The first kappa shape index (κ1) is 24.4. The molecule has 0 spiro atoms. The molecule has 31 heavy (non-hydrogen) atoms. The van der Waals surface area contributed by atoms with E-state index < -0.39 is 29.6 Å². The van der Waals surface area contributed by atoms with E-state index in [1.807, 2.05) is 0 Å². The molecule has 0 bridgehead atoms. The molecule has 3 rings (SSSR count). The summed E-state index contributed by atoms with van der Waals surface area (Å²) in [5, 5.41) is 10.2. The lowest BCUT2D eigenvalue weighted by molar-refractivity contribution is -0.152. The van der Waals surface area contributed by atoms with Crippen molar-refractivity contribution in [3.8, 4) is 17.2 Å². The average molecular weight is 498 g/mol. The number of halogens is 1. The Morgan fingerprint density at radius 2 is 1.90 bits per heavy atom. The number of carbonyl (C=O) groups excluding carboxylic acids is 1. The number of fused-ring (bicyclic) bond motifs is 1. The molecule has 168 valence electrons. The molecule has 0 saturated carbocycles. The number of nitrogens with two attached hydrogens (primary N) is 1. The van der Waals surface area contributed by atoms with Gasteiger partial charge in [-0.05, 0) is 19.1 Å². The van der Waals surface area contributed by atoms with Gasteiger partial charge in [0.05, 0.1) is 14.2 Å². The third kappa shape index (κ3) is 4.76. The van der Waals surface area contributed by atoms with Crippen LogP contribution in [0.15, 0.2) is 39.6 Å². The van der Waals surface area contributed by atoms with E-state index in [1.165, 1.54) is 40.4 Å². The van der Waals surface area contributed by atoms with E-state index in [1.54, 1.807) is 18.2 Å². The number of benzene rings is 1. The summed E-state index contributed by atoms with van der Waals surface area (Å²) in [6.07, 6.45) is 3.54. The fraction of sp³-hybridized carbons (Fsp3) is 0.333. The van der Waals surface area contributed by atoms with Gasteiger partial charge in [0, 0.05) is 24.8 Å². The van der Waals surface area contributed by atoms with E-state index in [0.29, 0.717) is 11.3 Å². The standard InChI is InChI=1S/C21H23NO8.BrH/c1-10(22)21(25)30-14-6-5-11(7-15(14)27-3)19-20(28-4)18(24)17-13(23)8-12(26-2)9-16(17)29-19;/h5-10,14-15,23H,22H2,1-4H3;1H/t10-,14?,15?;/m0./s1. The number of methoxy groups -OCH3 is 3. The van der Waals surface area contributed by atoms with Gasteiger partial charge in [-0.3, -0.25) is 9.59 Å². The average Bonchev–Trinajstić information content (AvgIpc) is 2.73. The highest BCUT2D eigenvalue weighted by molar-refractivity contribution is 8.93. The van der Waals surface area contributed by atoms with Gasteiger partial charge >= 0.3 is 5.97 Å². The van der Waals surface area contributed by atoms with Crippen molar-refractivity contribution in [3.05, 3.63) is 46.3 Å². The number of phenols is 1. The molecule has 3 atom stereocenters. The van der Waals surface area contributed by atoms with Crippen molar-refractivity contribution in [3.63, 3.8) is 0 Å². The van der Waals surface area contributed by atoms with Crippen LogP contribution in [0.3, 0.4) is 0 Å². The molecule has 0 amide bonds. The monoisotopic (exact) mass is 497 g/mol. The minimum atomic E-state index is -0.775. The van der Waals surface area contributed by atoms with Crippen molar-refractivity contribution in [2.24, 2.45) is 5.73 Å². The fourth-order valence-corrected chi connectivity index (χ4v) is 3.09. The topological polar surface area (TPSA) is 130 Å². The molecule has 2 aromatic rings. The molecule has 1 aliphatic rings. The summed E-state index contributed by atoms with van der Waals surface area (Å²) < 4.78 is 27.1. The quantitative estimate of drug-likeness (QED) is 0.577. The summed E-state index contributed by atoms with van der Waals surface area (Å²) in [5.41, 5.74) is 5.62. The van der Waals surface area contributed by atoms with E-state index in [9.17, 15) is 14.7 Å². The van der Waals surface area contributed by atoms with Crippen molar-refractivity contribution >= 4 is 39.5 Å². The van der Waals surface area contributed by atoms with Crippen molar-refractivity contribution in [2.45, 2.75) is 25.2 Å². The van der Waals surface area contributed by atoms with Crippen molar-refractivity contribution in [1.29, 1.82) is 0 Å². The number of esters is 1. The first-order valence-electron chi connectivity index (χ1n) is 9.11. The van der Waals surface area contributed by atoms with Crippen LogP contribution in [0.25, 0.3) is 16.5 Å². The summed E-state index contributed by atoms with van der Waals surface area (Å²) >= 11 is 0. The molecule has 1 aromatic heterocycles. The smallest absolute Gasteiger partial charge is 0.323 e. The third-order valence-corrected chi connectivity index (χ3v) is 4.64. The Labute approximate surface area is 188 Å². The Kier molecular flexibility index (Phi) is 7.88. The molecular formula is C21H24BrNO8. The maximum absolute atomic E-state index is 12.9. The Morgan fingerprint density at radius 3 is 2.48 bits per heavy atom. The second-order valence-corrected chi connectivity index (χ2v) is 6.68. The van der Waals surface area contributed by atoms with Crippen LogP contribution in [0.1, 0.15) is 12.7 Å². The molecule has 0 radical (unpaired) electrons. The van der Waals surface area contributed by atoms with Crippen LogP contribution >= 0.6 is 17.0 Å². The number of hydrogen-bond acceptors (Lipinski definition) is 9. The van der Waals surface area contributed by atoms with Crippen molar-refractivity contribution in [1.82, 2.24) is 0 Å². The highest BCUT2D eigenvalue weighted by atomic mass is 79.9. The Morgan fingerprint density at radius 1 is 1.19 bits per heavy atom. The summed E-state index contributed by atoms with van der Waals surface area (Å²) in [5.74, 6) is -0.475. The molecule has 1 heterocycles. The zero-order chi connectivity index (χ0) is 22.0. The Hall–Kier alpha value is -2.82. The molecule has 9 nitrogen and oxygen atoms in total. The van der Waals surface area contributed by atoms with Gasteiger partial charge < -0.3 is 34.2 Å². The molecular weight excluding hydrogens is 474 g/mol. The Bertz CT molecular complexity index is 1090. The molecule has 2 unspecified atom stereocenters. The SMILES string of the molecule is Br.COc1cc(O)c2c(=O)c(OC)c(C3=CC(OC)C(OC(=O)[C@H](C)N)C=C3)oc2c1. The van der Waals surface area contributed by atoms with Gasteiger partial charge in [0.1, 0.15) is 40.7 Å². The van der Waals surface area contributed by atoms with E-state index in [0.717, 1.165) is 0 Å². The van der Waals surface area contributed by atoms with E-state index in [4.69, 9.17) is 29.1 Å². The van der Waals surface area contributed by atoms with Gasteiger partial charge in [-0.15, -0.1) is 17.0 Å². The molecule has 0 aliphatic heterocycles. The number of hydrogen-bond donors (Lipinski definition) is 2. The fourth-order valence-electron chi connectivity index (χ4n) is 3.09. The number of rotatable bonds is 6. The molecule has 3 N–H and O–H groups in total. The first-order valence-corrected chi connectivity index (χ1v) is 9.11. The van der Waals surface area contributed by atoms with Gasteiger partial charge in [-0.1, -0.05) is 6.08 Å². The molecule has 1 aromatic carbocycles. The second-order valence-electron chi connectivity index (χ2n) is 6.68. The summed E-state index contributed by atoms with van der Waals surface area (Å²) in [4.78, 5) is 24.8. The summed E-state index contributed by atoms with van der Waals surface area (Å²) in [6, 6.07) is 2.03. The molecule has 0 saturated heterocycles. The number of allylic oxidation sites excluding steroid dienone is 2. The minimum absolute atomic E-state index is 0. The highest BCUT2D eigenvalue weighted by Crippen LogP contribution is 2.35. The number of ether oxygens (including phenoxy) is 4. The maximum Gasteiger partial charge on any atom is 0.323 e. The van der Waals surface area contributed by atoms with Crippen LogP contribution in [-0.2, 0) is 14.3 Å². The zero-order valence-electron chi connectivity index (χ0n) is 17.4. The largest absolute Gasteiger partial charge is 0.507 e. The second kappa shape index (κ2) is 9.99. The van der Waals surface area contributed by atoms with E-state index in [-0.39, 0.29) is 45.2 Å². The summed E-state index contributed by atoms with van der Waals surface area (Å²) in [7, 11) is 4.22. The number of aromatic hydroxyl groups is 1. The lowest BCUT2D eigenvalue weighted by Crippen LogP contribution is -2.37. The van der Waals surface area contributed by atoms with Crippen LogP contribution in [0.4, 0.5) is 0 Å². The van der Waals surface area contributed by atoms with Gasteiger partial charge in [-0.2, -0.15) is 0 Å². The first-order chi connectivity index (χ1) is 14.3. The van der Waals surface area contributed by atoms with E-state index >= 15 is 0 Å². The molecule has 1 aliphatic carbocycles. The zero-order valence-corrected chi connectivity index (χ0v) is 19.1. The van der Waals surface area contributed by atoms with Crippen LogP contribution < -0.4 is 20.6 Å². The lowest BCUT2D eigenvalue weighted by atomic mass is 9.99. The maximum atomic E-state index is 12.9. The molecule has 10 heteroatoms. The van der Waals surface area contributed by atoms with Crippen LogP contribution in [0.2, 0.25) is 0 Å². The lowest BCUT2D eigenvalue weighted by Gasteiger charge is -2.25. The summed E-state index contributed by atoms with van der Waals surface area (Å²) in [6.45, 7) is 1.52. The van der Waals surface area contributed by atoms with Gasteiger partial charge in [0.25, 0.3) is 0 Å². The van der Waals surface area contributed by atoms with Crippen LogP contribution in [0.5, 0.6) is 17.2 Å². The predicted octanol–water partition coefficient (Wildman–Crippen LogP) is 2.32. The van der Waals surface area contributed by atoms with Crippen LogP contribution in [-0.4, -0.2) is 50.7 Å². The van der Waals surface area contributed by atoms with Crippen molar-refractivity contribution < 1.29 is 33.3 Å². The van der Waals surface area contributed by atoms with Gasteiger partial charge in [0.15, 0.2) is 5.76 Å². The predicted molar refractivity (Wildman–Crippen MR) is 119 cm³/mol. The highest BCUT2D eigenvalue weighted by Gasteiger charge is 2.29. The third-order valence-electron chi connectivity index (χ3n) is 4.64. The van der Waals surface area contributed by atoms with Gasteiger partial charge in [-0.25, -0.2) is 0 Å². The molecule has 0 fully saturated rings. The number of carbonyl (C=O) groups is 1. The van der Waals surface area contributed by atoms with Gasteiger partial charge in [0.2, 0.25) is 11.2 Å². The van der Waals surface area contributed by atoms with Crippen molar-refractivity contribution in [2.75, 3.05) is 21.3 Å². The normalized spacial score (nSPS) is 18.7.